The van der Waals surface area contributed by atoms with Crippen LogP contribution in [-0.4, -0.2) is 65.1 Å². The van der Waals surface area contributed by atoms with Crippen molar-refractivity contribution < 1.29 is 19.4 Å². The zero-order valence-corrected chi connectivity index (χ0v) is 22.2. The van der Waals surface area contributed by atoms with E-state index in [0.717, 1.165) is 29.3 Å². The molecule has 1 N–H and O–H groups in total. The normalized spacial score (nSPS) is 25.4. The lowest BCUT2D eigenvalue weighted by atomic mass is 9.55. The van der Waals surface area contributed by atoms with Crippen LogP contribution in [0.25, 0.3) is 10.8 Å². The number of phenols is 1. The Morgan fingerprint density at radius 1 is 1.11 bits per heavy atom. The third-order valence-corrected chi connectivity index (χ3v) is 8.66. The highest BCUT2D eigenvalue weighted by molar-refractivity contribution is 5.98. The first-order valence-corrected chi connectivity index (χ1v) is 13.4. The molecule has 1 heterocycles. The van der Waals surface area contributed by atoms with Gasteiger partial charge in [0.25, 0.3) is 5.91 Å². The highest BCUT2D eigenvalue weighted by atomic mass is 16.6. The van der Waals surface area contributed by atoms with E-state index < -0.39 is 11.0 Å². The van der Waals surface area contributed by atoms with E-state index in [1.54, 1.807) is 12.1 Å². The summed E-state index contributed by atoms with van der Waals surface area (Å²) >= 11 is 0. The number of rotatable bonds is 6. The van der Waals surface area contributed by atoms with Crippen molar-refractivity contribution in [3.63, 3.8) is 0 Å². The Bertz CT molecular complexity index is 1370. The van der Waals surface area contributed by atoms with Crippen molar-refractivity contribution in [1.29, 1.82) is 0 Å². The van der Waals surface area contributed by atoms with E-state index in [9.17, 15) is 14.7 Å². The number of aromatic hydroxyl groups is 1. The molecule has 2 aliphatic rings. The van der Waals surface area contributed by atoms with Gasteiger partial charge in [0.05, 0.1) is 0 Å². The van der Waals surface area contributed by atoms with E-state index in [2.05, 4.69) is 11.5 Å². The monoisotopic (exact) mass is 512 g/mol. The molecule has 1 aliphatic carbocycles. The molecule has 6 nitrogen and oxygen atoms in total. The standard InChI is InChI=1S/C32H36N2O4/c1-4-17-34-18-16-31(27-10-7-11-29(36)20-27)21-28(14-15-32(31,22-34)38-23(2)35)33(3)30(37)26-13-12-24-8-5-6-9-25(24)19-26/h4-13,19-20,28,36H,1,14-18,21-22H2,2-3H3/t28-,31+,32+/m1/s1. The molecule has 1 amide bonds. The number of nitrogens with zero attached hydrogens (tertiary/aromatic N) is 2. The van der Waals surface area contributed by atoms with Crippen molar-refractivity contribution in [2.75, 3.05) is 26.7 Å². The number of hydrogen-bond donors (Lipinski definition) is 1. The summed E-state index contributed by atoms with van der Waals surface area (Å²) in [4.78, 5) is 30.4. The minimum atomic E-state index is -0.767. The lowest BCUT2D eigenvalue weighted by molar-refractivity contribution is -0.188. The number of ether oxygens (including phenoxy) is 1. The summed E-state index contributed by atoms with van der Waals surface area (Å²) in [5, 5.41) is 12.6. The van der Waals surface area contributed by atoms with Gasteiger partial charge in [0.2, 0.25) is 0 Å². The van der Waals surface area contributed by atoms with Crippen molar-refractivity contribution in [3.05, 3.63) is 90.5 Å². The van der Waals surface area contributed by atoms with Crippen molar-refractivity contribution in [2.45, 2.75) is 49.7 Å². The van der Waals surface area contributed by atoms with Gasteiger partial charge in [-0.15, -0.1) is 6.58 Å². The Morgan fingerprint density at radius 3 is 2.63 bits per heavy atom. The second-order valence-electron chi connectivity index (χ2n) is 10.9. The van der Waals surface area contributed by atoms with Crippen LogP contribution in [0.2, 0.25) is 0 Å². The van der Waals surface area contributed by atoms with Gasteiger partial charge in [0.1, 0.15) is 11.4 Å². The number of piperidine rings is 1. The molecule has 38 heavy (non-hydrogen) atoms. The first kappa shape index (κ1) is 26.0. The van der Waals surface area contributed by atoms with Gasteiger partial charge in [-0.2, -0.15) is 0 Å². The van der Waals surface area contributed by atoms with Crippen molar-refractivity contribution >= 4 is 22.6 Å². The molecule has 0 aromatic heterocycles. The predicted octanol–water partition coefficient (Wildman–Crippen LogP) is 5.30. The summed E-state index contributed by atoms with van der Waals surface area (Å²) in [5.41, 5.74) is 0.302. The van der Waals surface area contributed by atoms with Crippen LogP contribution in [0.5, 0.6) is 5.75 Å². The van der Waals surface area contributed by atoms with Crippen LogP contribution in [0.3, 0.4) is 0 Å². The largest absolute Gasteiger partial charge is 0.508 e. The van der Waals surface area contributed by atoms with Gasteiger partial charge in [-0.25, -0.2) is 0 Å². The summed E-state index contributed by atoms with van der Waals surface area (Å²) in [6, 6.07) is 21.2. The highest BCUT2D eigenvalue weighted by Crippen LogP contribution is 2.54. The summed E-state index contributed by atoms with van der Waals surface area (Å²) in [6.07, 6.45) is 4.60. The van der Waals surface area contributed by atoms with Crippen molar-refractivity contribution in [2.24, 2.45) is 0 Å². The van der Waals surface area contributed by atoms with Crippen LogP contribution in [0, 0.1) is 0 Å². The molecule has 0 radical (unpaired) electrons. The lowest BCUT2D eigenvalue weighted by Crippen LogP contribution is -2.68. The summed E-state index contributed by atoms with van der Waals surface area (Å²) in [6.45, 7) is 7.48. The molecule has 5 rings (SSSR count). The van der Waals surface area contributed by atoms with E-state index in [0.29, 0.717) is 37.9 Å². The Hall–Kier alpha value is -3.64. The zero-order chi connectivity index (χ0) is 26.9. The Morgan fingerprint density at radius 2 is 1.89 bits per heavy atom. The number of esters is 1. The van der Waals surface area contributed by atoms with Crippen molar-refractivity contribution in [1.82, 2.24) is 9.80 Å². The summed E-state index contributed by atoms with van der Waals surface area (Å²) in [5.74, 6) is -0.144. The first-order valence-electron chi connectivity index (χ1n) is 13.4. The molecule has 1 saturated heterocycles. The molecule has 1 aliphatic heterocycles. The SMILES string of the molecule is C=CCN1CC[C@@]2(c3cccc(O)c3)C[C@H](N(C)C(=O)c3ccc4ccccc4c3)CC[C@]2(OC(C)=O)C1. The number of phenolic OH excluding ortho intramolecular Hbond substituents is 1. The van der Waals surface area contributed by atoms with Gasteiger partial charge in [-0.05, 0) is 72.8 Å². The third kappa shape index (κ3) is 4.58. The number of benzene rings is 3. The summed E-state index contributed by atoms with van der Waals surface area (Å²) < 4.78 is 6.28. The number of carbonyl (C=O) groups is 2. The van der Waals surface area contributed by atoms with E-state index in [1.165, 1.54) is 6.92 Å². The maximum atomic E-state index is 13.7. The molecule has 0 bridgehead atoms. The molecule has 2 fully saturated rings. The topological polar surface area (TPSA) is 70.1 Å². The quantitative estimate of drug-likeness (QED) is 0.359. The van der Waals surface area contributed by atoms with Gasteiger partial charge in [0, 0.05) is 44.1 Å². The number of carbonyl (C=O) groups excluding carboxylic acids is 2. The third-order valence-electron chi connectivity index (χ3n) is 8.66. The fourth-order valence-corrected chi connectivity index (χ4v) is 6.82. The number of amides is 1. The van der Waals surface area contributed by atoms with Gasteiger partial charge < -0.3 is 14.7 Å². The molecular formula is C32H36N2O4. The molecule has 198 valence electrons. The first-order chi connectivity index (χ1) is 18.3. The van der Waals surface area contributed by atoms with Gasteiger partial charge >= 0.3 is 5.97 Å². The van der Waals surface area contributed by atoms with E-state index in [1.807, 2.05) is 72.6 Å². The van der Waals surface area contributed by atoms with Crippen LogP contribution in [0.1, 0.15) is 48.5 Å². The van der Waals surface area contributed by atoms with Gasteiger partial charge in [0.15, 0.2) is 0 Å². The van der Waals surface area contributed by atoms with E-state index >= 15 is 0 Å². The molecular weight excluding hydrogens is 476 g/mol. The molecule has 0 spiro atoms. The van der Waals surface area contributed by atoms with Crippen LogP contribution in [0.4, 0.5) is 0 Å². The second-order valence-corrected chi connectivity index (χ2v) is 10.9. The van der Waals surface area contributed by atoms with Crippen LogP contribution in [-0.2, 0) is 14.9 Å². The Labute approximate surface area is 224 Å². The maximum Gasteiger partial charge on any atom is 0.303 e. The maximum absolute atomic E-state index is 13.7. The predicted molar refractivity (Wildman–Crippen MR) is 149 cm³/mol. The van der Waals surface area contributed by atoms with Gasteiger partial charge in [-0.3, -0.25) is 14.5 Å². The Kier molecular flexibility index (Phi) is 7.01. The van der Waals surface area contributed by atoms with E-state index in [-0.39, 0.29) is 23.7 Å². The van der Waals surface area contributed by atoms with Crippen LogP contribution < -0.4 is 0 Å². The smallest absolute Gasteiger partial charge is 0.303 e. The van der Waals surface area contributed by atoms with Crippen LogP contribution >= 0.6 is 0 Å². The average molecular weight is 513 g/mol. The lowest BCUT2D eigenvalue weighted by Gasteiger charge is -2.60. The molecule has 1 saturated carbocycles. The minimum absolute atomic E-state index is 0.0177. The number of likely N-dealkylation sites (tertiary alicyclic amines) is 1. The number of fused-ring (bicyclic) bond motifs is 2. The molecule has 3 atom stereocenters. The van der Waals surface area contributed by atoms with Crippen molar-refractivity contribution in [3.8, 4) is 5.75 Å². The highest BCUT2D eigenvalue weighted by Gasteiger charge is 2.61. The molecule has 6 heteroatoms. The average Bonchev–Trinajstić information content (AvgIpc) is 2.91. The molecule has 3 aromatic rings. The van der Waals surface area contributed by atoms with Crippen LogP contribution in [0.15, 0.2) is 79.4 Å². The minimum Gasteiger partial charge on any atom is -0.508 e. The second kappa shape index (κ2) is 10.3. The Balaban J connectivity index is 1.52. The summed E-state index contributed by atoms with van der Waals surface area (Å²) in [7, 11) is 1.88. The fraction of sp³-hybridized carbons (Fsp3) is 0.375. The molecule has 0 unspecified atom stereocenters. The van der Waals surface area contributed by atoms with Gasteiger partial charge in [-0.1, -0.05) is 48.5 Å². The molecule has 3 aromatic carbocycles. The number of hydrogen-bond acceptors (Lipinski definition) is 5. The van der Waals surface area contributed by atoms with E-state index in [4.69, 9.17) is 4.74 Å². The fourth-order valence-electron chi connectivity index (χ4n) is 6.82. The zero-order valence-electron chi connectivity index (χ0n) is 22.2.